The van der Waals surface area contributed by atoms with Crippen molar-refractivity contribution in [3.8, 4) is 0 Å². The second-order valence-electron chi connectivity index (χ2n) is 4.73. The highest BCUT2D eigenvalue weighted by Gasteiger charge is 2.23. The zero-order chi connectivity index (χ0) is 14.5. The van der Waals surface area contributed by atoms with Crippen molar-refractivity contribution in [1.29, 1.82) is 0 Å². The summed E-state index contributed by atoms with van der Waals surface area (Å²) in [7, 11) is 0. The second kappa shape index (κ2) is 6.42. The smallest absolute Gasteiger partial charge is 0.269 e. The number of hydrogen-bond acceptors (Lipinski definition) is 4. The summed E-state index contributed by atoms with van der Waals surface area (Å²) in [6.07, 6.45) is 3.99. The van der Waals surface area contributed by atoms with Crippen LogP contribution in [-0.4, -0.2) is 15.9 Å². The lowest BCUT2D eigenvalue weighted by molar-refractivity contribution is -0.384. The molecule has 6 nitrogen and oxygen atoms in total. The van der Waals surface area contributed by atoms with Crippen molar-refractivity contribution in [3.63, 3.8) is 0 Å². The molecule has 20 heavy (non-hydrogen) atoms. The molecule has 0 bridgehead atoms. The van der Waals surface area contributed by atoms with E-state index in [2.05, 4.69) is 10.6 Å². The van der Waals surface area contributed by atoms with Gasteiger partial charge in [-0.3, -0.25) is 14.9 Å². The summed E-state index contributed by atoms with van der Waals surface area (Å²) in [5.74, 6) is -0.00600. The molecule has 1 aromatic carbocycles. The number of carbonyl (C=O) groups is 1. The van der Waals surface area contributed by atoms with Gasteiger partial charge in [0.1, 0.15) is 0 Å². The van der Waals surface area contributed by atoms with Crippen molar-refractivity contribution in [2.24, 2.45) is 5.92 Å². The number of hydrogen-bond donors (Lipinski definition) is 2. The van der Waals surface area contributed by atoms with E-state index >= 15 is 0 Å². The monoisotopic (exact) mass is 293 g/mol. The summed E-state index contributed by atoms with van der Waals surface area (Å²) < 4.78 is 0. The number of nitro benzene ring substituents is 1. The molecule has 0 aliphatic heterocycles. The Morgan fingerprint density at radius 1 is 1.25 bits per heavy atom. The normalized spacial score (nSPS) is 14.8. The zero-order valence-electron chi connectivity index (χ0n) is 10.8. The third-order valence-corrected chi connectivity index (χ3v) is 3.50. The highest BCUT2D eigenvalue weighted by Crippen LogP contribution is 2.24. The van der Waals surface area contributed by atoms with Crippen LogP contribution in [0.3, 0.4) is 0 Å². The fraction of sp³-hybridized carbons (Fsp3) is 0.385. The van der Waals surface area contributed by atoms with Gasteiger partial charge in [-0.1, -0.05) is 12.8 Å². The summed E-state index contributed by atoms with van der Waals surface area (Å²) in [6, 6.07) is 5.85. The first-order chi connectivity index (χ1) is 9.56. The van der Waals surface area contributed by atoms with Crippen LogP contribution >= 0.6 is 12.2 Å². The first-order valence-electron chi connectivity index (χ1n) is 6.42. The van der Waals surface area contributed by atoms with Gasteiger partial charge >= 0.3 is 0 Å². The van der Waals surface area contributed by atoms with Gasteiger partial charge in [-0.05, 0) is 37.2 Å². The molecule has 1 amide bonds. The van der Waals surface area contributed by atoms with Gasteiger partial charge in [-0.15, -0.1) is 0 Å². The Kier molecular flexibility index (Phi) is 4.62. The Labute approximate surface area is 121 Å². The fourth-order valence-corrected chi connectivity index (χ4v) is 2.45. The summed E-state index contributed by atoms with van der Waals surface area (Å²) in [6.45, 7) is 0. The number of rotatable bonds is 3. The van der Waals surface area contributed by atoms with Gasteiger partial charge in [0, 0.05) is 23.7 Å². The Balaban J connectivity index is 1.87. The van der Waals surface area contributed by atoms with E-state index in [1.54, 1.807) is 12.1 Å². The Morgan fingerprint density at radius 3 is 2.40 bits per heavy atom. The largest absolute Gasteiger partial charge is 0.332 e. The molecule has 0 aromatic heterocycles. The Bertz CT molecular complexity index is 524. The molecule has 2 N–H and O–H groups in total. The van der Waals surface area contributed by atoms with Crippen molar-refractivity contribution in [3.05, 3.63) is 34.4 Å². The number of nitrogens with zero attached hydrogens (tertiary/aromatic N) is 1. The maximum absolute atomic E-state index is 11.9. The number of anilines is 1. The van der Waals surface area contributed by atoms with E-state index < -0.39 is 4.92 Å². The van der Waals surface area contributed by atoms with Crippen molar-refractivity contribution >= 4 is 34.6 Å². The number of thiocarbonyl (C=S) groups is 1. The molecule has 0 unspecified atom stereocenters. The van der Waals surface area contributed by atoms with Gasteiger partial charge in [0.2, 0.25) is 5.91 Å². The molecule has 0 spiro atoms. The van der Waals surface area contributed by atoms with E-state index in [0.29, 0.717) is 5.69 Å². The van der Waals surface area contributed by atoms with Crippen LogP contribution in [-0.2, 0) is 4.79 Å². The van der Waals surface area contributed by atoms with E-state index in [4.69, 9.17) is 12.2 Å². The molecular formula is C13H15N3O3S. The van der Waals surface area contributed by atoms with Gasteiger partial charge in [-0.25, -0.2) is 0 Å². The number of amides is 1. The van der Waals surface area contributed by atoms with E-state index in [9.17, 15) is 14.9 Å². The molecule has 1 aliphatic carbocycles. The minimum atomic E-state index is -0.468. The third-order valence-electron chi connectivity index (χ3n) is 3.30. The van der Waals surface area contributed by atoms with Gasteiger partial charge in [0.15, 0.2) is 5.11 Å². The number of carbonyl (C=O) groups excluding carboxylic acids is 1. The van der Waals surface area contributed by atoms with Crippen molar-refractivity contribution in [2.75, 3.05) is 5.32 Å². The Hall–Kier alpha value is -2.02. The second-order valence-corrected chi connectivity index (χ2v) is 5.14. The minimum absolute atomic E-state index is 0.0106. The molecule has 0 radical (unpaired) electrons. The van der Waals surface area contributed by atoms with Crippen LogP contribution in [0.25, 0.3) is 0 Å². The lowest BCUT2D eigenvalue weighted by atomic mass is 10.1. The third kappa shape index (κ3) is 3.74. The summed E-state index contributed by atoms with van der Waals surface area (Å²) in [5.41, 5.74) is 0.615. The van der Waals surface area contributed by atoms with Crippen LogP contribution < -0.4 is 10.6 Å². The molecule has 0 heterocycles. The lowest BCUT2D eigenvalue weighted by Crippen LogP contribution is -2.37. The lowest BCUT2D eigenvalue weighted by Gasteiger charge is -2.12. The topological polar surface area (TPSA) is 84.3 Å². The summed E-state index contributed by atoms with van der Waals surface area (Å²) in [5, 5.41) is 16.2. The van der Waals surface area contributed by atoms with Crippen molar-refractivity contribution in [1.82, 2.24) is 5.32 Å². The van der Waals surface area contributed by atoms with Gasteiger partial charge in [-0.2, -0.15) is 0 Å². The predicted octanol–water partition coefficient (Wildman–Crippen LogP) is 2.60. The number of nitro groups is 1. The van der Waals surface area contributed by atoms with Crippen LogP contribution in [0, 0.1) is 16.0 Å². The number of non-ortho nitro benzene ring substituents is 1. The zero-order valence-corrected chi connectivity index (χ0v) is 11.6. The van der Waals surface area contributed by atoms with E-state index in [1.165, 1.54) is 12.1 Å². The average molecular weight is 293 g/mol. The molecular weight excluding hydrogens is 278 g/mol. The first kappa shape index (κ1) is 14.4. The van der Waals surface area contributed by atoms with Gasteiger partial charge in [0.05, 0.1) is 4.92 Å². The summed E-state index contributed by atoms with van der Waals surface area (Å²) in [4.78, 5) is 21.9. The standard InChI is InChI=1S/C13H15N3O3S/c17-12(9-3-1-2-4-9)15-13(20)14-10-5-7-11(8-6-10)16(18)19/h5-9H,1-4H2,(H2,14,15,17,20). The van der Waals surface area contributed by atoms with Gasteiger partial charge in [0.25, 0.3) is 5.69 Å². The van der Waals surface area contributed by atoms with Crippen LogP contribution in [0.1, 0.15) is 25.7 Å². The molecule has 106 valence electrons. The molecule has 1 aliphatic rings. The highest BCUT2D eigenvalue weighted by molar-refractivity contribution is 7.80. The van der Waals surface area contributed by atoms with Gasteiger partial charge < -0.3 is 10.6 Å². The molecule has 0 saturated heterocycles. The fourth-order valence-electron chi connectivity index (χ4n) is 2.23. The molecule has 2 rings (SSSR count). The van der Waals surface area contributed by atoms with Crippen LogP contribution in [0.2, 0.25) is 0 Å². The van der Waals surface area contributed by atoms with E-state index in [0.717, 1.165) is 25.7 Å². The van der Waals surface area contributed by atoms with Crippen molar-refractivity contribution < 1.29 is 9.72 Å². The molecule has 1 fully saturated rings. The Morgan fingerprint density at radius 2 is 1.85 bits per heavy atom. The average Bonchev–Trinajstić information content (AvgIpc) is 2.93. The van der Waals surface area contributed by atoms with Crippen molar-refractivity contribution in [2.45, 2.75) is 25.7 Å². The van der Waals surface area contributed by atoms with Crippen LogP contribution in [0.5, 0.6) is 0 Å². The minimum Gasteiger partial charge on any atom is -0.332 e. The molecule has 1 saturated carbocycles. The predicted molar refractivity (Wildman–Crippen MR) is 79.4 cm³/mol. The molecule has 0 atom stereocenters. The number of nitrogens with one attached hydrogen (secondary N) is 2. The van der Waals surface area contributed by atoms with Crippen LogP contribution in [0.15, 0.2) is 24.3 Å². The molecule has 7 heteroatoms. The quantitative estimate of drug-likeness (QED) is 0.508. The maximum Gasteiger partial charge on any atom is 0.269 e. The number of benzene rings is 1. The SMILES string of the molecule is O=C(NC(=S)Nc1ccc([N+](=O)[O-])cc1)C1CCCC1. The van der Waals surface area contributed by atoms with E-state index in [1.807, 2.05) is 0 Å². The summed E-state index contributed by atoms with van der Waals surface area (Å²) >= 11 is 5.06. The van der Waals surface area contributed by atoms with Crippen LogP contribution in [0.4, 0.5) is 11.4 Å². The first-order valence-corrected chi connectivity index (χ1v) is 6.83. The molecule has 1 aromatic rings. The maximum atomic E-state index is 11.9. The highest BCUT2D eigenvalue weighted by atomic mass is 32.1. The van der Waals surface area contributed by atoms with E-state index in [-0.39, 0.29) is 22.6 Å².